The van der Waals surface area contributed by atoms with Crippen LogP contribution in [0.15, 0.2) is 34.8 Å². The molecule has 0 atom stereocenters. The van der Waals surface area contributed by atoms with E-state index in [1.54, 1.807) is 19.2 Å². The quantitative estimate of drug-likeness (QED) is 0.677. The van der Waals surface area contributed by atoms with Gasteiger partial charge in [0.05, 0.1) is 12.7 Å². The fourth-order valence-electron chi connectivity index (χ4n) is 3.63. The standard InChI is InChI=1S/C21H18O5/c1-21(2)7-6-13-15(26-21)5-4-12-14-10-24-17-9-11(22)8-16(23-3)18(17)20(14)25-19(12)13/h4-9,22H,10H2,1-3H3. The monoisotopic (exact) mass is 350 g/mol. The molecule has 1 N–H and O–H groups in total. The van der Waals surface area contributed by atoms with E-state index in [2.05, 4.69) is 0 Å². The highest BCUT2D eigenvalue weighted by atomic mass is 16.5. The predicted octanol–water partition coefficient (Wildman–Crippen LogP) is 4.89. The van der Waals surface area contributed by atoms with Gasteiger partial charge in [-0.15, -0.1) is 0 Å². The van der Waals surface area contributed by atoms with Gasteiger partial charge < -0.3 is 23.7 Å². The smallest absolute Gasteiger partial charge is 0.149 e. The number of furan rings is 1. The zero-order chi connectivity index (χ0) is 18.1. The van der Waals surface area contributed by atoms with E-state index < -0.39 is 0 Å². The Morgan fingerprint density at radius 1 is 1.15 bits per heavy atom. The van der Waals surface area contributed by atoms with Gasteiger partial charge in [0.1, 0.15) is 52.1 Å². The first-order valence-corrected chi connectivity index (χ1v) is 8.47. The number of rotatable bonds is 1. The number of benzene rings is 2. The van der Waals surface area contributed by atoms with E-state index in [1.807, 2.05) is 38.1 Å². The topological polar surface area (TPSA) is 61.1 Å². The number of hydrogen-bond donors (Lipinski definition) is 1. The zero-order valence-electron chi connectivity index (χ0n) is 14.8. The summed E-state index contributed by atoms with van der Waals surface area (Å²) in [5.74, 6) is 2.67. The van der Waals surface area contributed by atoms with Crippen molar-refractivity contribution in [2.24, 2.45) is 0 Å². The molecular formula is C21H18O5. The molecule has 0 saturated heterocycles. The summed E-state index contributed by atoms with van der Waals surface area (Å²) >= 11 is 0. The maximum atomic E-state index is 9.88. The summed E-state index contributed by atoms with van der Waals surface area (Å²) in [6, 6.07) is 7.12. The van der Waals surface area contributed by atoms with Crippen LogP contribution in [-0.2, 0) is 6.61 Å². The van der Waals surface area contributed by atoms with Crippen LogP contribution in [0.1, 0.15) is 25.0 Å². The largest absolute Gasteiger partial charge is 0.508 e. The molecule has 132 valence electrons. The predicted molar refractivity (Wildman–Crippen MR) is 97.9 cm³/mol. The van der Waals surface area contributed by atoms with Crippen molar-refractivity contribution in [3.05, 3.63) is 41.5 Å². The highest BCUT2D eigenvalue weighted by molar-refractivity contribution is 5.97. The molecule has 3 aromatic rings. The van der Waals surface area contributed by atoms with Crippen molar-refractivity contribution in [1.82, 2.24) is 0 Å². The van der Waals surface area contributed by atoms with E-state index in [9.17, 15) is 5.11 Å². The first-order chi connectivity index (χ1) is 12.5. The molecule has 5 rings (SSSR count). The number of phenolic OH excluding ortho intramolecular Hbond substituents is 1. The van der Waals surface area contributed by atoms with Gasteiger partial charge in [0.15, 0.2) is 0 Å². The summed E-state index contributed by atoms with van der Waals surface area (Å²) in [4.78, 5) is 0. The molecule has 2 aromatic carbocycles. The normalized spacial score (nSPS) is 16.3. The average Bonchev–Trinajstić information content (AvgIpc) is 2.98. The number of phenols is 1. The molecule has 0 amide bonds. The first kappa shape index (κ1) is 15.2. The molecule has 3 heterocycles. The van der Waals surface area contributed by atoms with E-state index in [0.29, 0.717) is 23.9 Å². The van der Waals surface area contributed by atoms with Crippen LogP contribution >= 0.6 is 0 Å². The molecule has 0 saturated carbocycles. The fraction of sp³-hybridized carbons (Fsp3) is 0.238. The summed E-state index contributed by atoms with van der Waals surface area (Å²) in [6.07, 6.45) is 4.07. The van der Waals surface area contributed by atoms with Gasteiger partial charge in [-0.05, 0) is 38.1 Å². The van der Waals surface area contributed by atoms with Gasteiger partial charge in [-0.2, -0.15) is 0 Å². The van der Waals surface area contributed by atoms with Gasteiger partial charge in [-0.1, -0.05) is 0 Å². The Kier molecular flexibility index (Phi) is 2.91. The van der Waals surface area contributed by atoms with Gasteiger partial charge >= 0.3 is 0 Å². The molecule has 1 aromatic heterocycles. The lowest BCUT2D eigenvalue weighted by atomic mass is 9.98. The van der Waals surface area contributed by atoms with Crippen LogP contribution in [0, 0.1) is 0 Å². The second-order valence-corrected chi connectivity index (χ2v) is 7.11. The Hall–Kier alpha value is -3.08. The molecule has 0 radical (unpaired) electrons. The van der Waals surface area contributed by atoms with Gasteiger partial charge in [-0.3, -0.25) is 0 Å². The maximum absolute atomic E-state index is 9.88. The molecule has 5 nitrogen and oxygen atoms in total. The van der Waals surface area contributed by atoms with E-state index in [-0.39, 0.29) is 11.4 Å². The lowest BCUT2D eigenvalue weighted by Crippen LogP contribution is -2.27. The second-order valence-electron chi connectivity index (χ2n) is 7.11. The number of methoxy groups -OCH3 is 1. The van der Waals surface area contributed by atoms with Crippen molar-refractivity contribution >= 4 is 17.0 Å². The number of hydrogen-bond acceptors (Lipinski definition) is 5. The molecule has 0 fully saturated rings. The third-order valence-electron chi connectivity index (χ3n) is 4.85. The molecule has 2 aliphatic heterocycles. The molecule has 0 unspecified atom stereocenters. The van der Waals surface area contributed by atoms with Crippen molar-refractivity contribution in [2.45, 2.75) is 26.1 Å². The minimum absolute atomic E-state index is 0.0936. The molecule has 0 aliphatic carbocycles. The summed E-state index contributed by atoms with van der Waals surface area (Å²) in [6.45, 7) is 4.41. The Morgan fingerprint density at radius 2 is 2.00 bits per heavy atom. The SMILES string of the molecule is COc1cc(O)cc2c1-c1oc3c4c(ccc3c1CO2)OC(C)(C)C=C4. The van der Waals surface area contributed by atoms with Crippen LogP contribution in [0.2, 0.25) is 0 Å². The molecule has 5 heteroatoms. The average molecular weight is 350 g/mol. The highest BCUT2D eigenvalue weighted by Crippen LogP contribution is 2.50. The summed E-state index contributed by atoms with van der Waals surface area (Å²) in [5, 5.41) is 10.9. The van der Waals surface area contributed by atoms with Gasteiger partial charge in [0.2, 0.25) is 0 Å². The van der Waals surface area contributed by atoms with Crippen LogP contribution in [0.5, 0.6) is 23.0 Å². The summed E-state index contributed by atoms with van der Waals surface area (Å²) in [7, 11) is 1.56. The van der Waals surface area contributed by atoms with Crippen LogP contribution in [-0.4, -0.2) is 17.8 Å². The summed E-state index contributed by atoms with van der Waals surface area (Å²) < 4.78 is 23.7. The molecular weight excluding hydrogens is 332 g/mol. The lowest BCUT2D eigenvalue weighted by Gasteiger charge is -2.27. The zero-order valence-corrected chi connectivity index (χ0v) is 14.8. The molecule has 2 aliphatic rings. The summed E-state index contributed by atoms with van der Waals surface area (Å²) in [5.41, 5.74) is 3.04. The Bertz CT molecular complexity index is 1070. The first-order valence-electron chi connectivity index (χ1n) is 8.47. The van der Waals surface area contributed by atoms with Gasteiger partial charge in [0, 0.05) is 23.1 Å². The van der Waals surface area contributed by atoms with Crippen LogP contribution in [0.4, 0.5) is 0 Å². The third-order valence-corrected chi connectivity index (χ3v) is 4.85. The fourth-order valence-corrected chi connectivity index (χ4v) is 3.63. The lowest BCUT2D eigenvalue weighted by molar-refractivity contribution is 0.159. The Labute approximate surface area is 150 Å². The van der Waals surface area contributed by atoms with E-state index >= 15 is 0 Å². The number of fused-ring (bicyclic) bond motifs is 7. The minimum atomic E-state index is -0.344. The van der Waals surface area contributed by atoms with E-state index in [0.717, 1.165) is 33.4 Å². The second kappa shape index (κ2) is 4.97. The van der Waals surface area contributed by atoms with Crippen molar-refractivity contribution in [2.75, 3.05) is 7.11 Å². The van der Waals surface area contributed by atoms with Gasteiger partial charge in [0.25, 0.3) is 0 Å². The van der Waals surface area contributed by atoms with Crippen LogP contribution < -0.4 is 14.2 Å². The minimum Gasteiger partial charge on any atom is -0.508 e. The number of aromatic hydroxyl groups is 1. The Balaban J connectivity index is 1.79. The molecule has 0 bridgehead atoms. The van der Waals surface area contributed by atoms with E-state index in [4.69, 9.17) is 18.6 Å². The van der Waals surface area contributed by atoms with Crippen molar-refractivity contribution in [3.63, 3.8) is 0 Å². The van der Waals surface area contributed by atoms with Crippen LogP contribution in [0.3, 0.4) is 0 Å². The van der Waals surface area contributed by atoms with Crippen molar-refractivity contribution in [3.8, 4) is 34.3 Å². The Morgan fingerprint density at radius 3 is 2.81 bits per heavy atom. The third kappa shape index (κ3) is 2.03. The molecule has 26 heavy (non-hydrogen) atoms. The maximum Gasteiger partial charge on any atom is 0.149 e. The van der Waals surface area contributed by atoms with Crippen molar-refractivity contribution < 1.29 is 23.7 Å². The van der Waals surface area contributed by atoms with Crippen molar-refractivity contribution in [1.29, 1.82) is 0 Å². The van der Waals surface area contributed by atoms with Gasteiger partial charge in [-0.25, -0.2) is 0 Å². The van der Waals surface area contributed by atoms with Crippen LogP contribution in [0.25, 0.3) is 28.4 Å². The number of ether oxygens (including phenoxy) is 3. The molecule has 0 spiro atoms. The van der Waals surface area contributed by atoms with E-state index in [1.165, 1.54) is 0 Å². The highest BCUT2D eigenvalue weighted by Gasteiger charge is 2.31.